The van der Waals surface area contributed by atoms with Gasteiger partial charge in [0.15, 0.2) is 0 Å². The summed E-state index contributed by atoms with van der Waals surface area (Å²) in [5.74, 6) is 1.04. The number of aromatic nitrogens is 1. The van der Waals surface area contributed by atoms with Crippen LogP contribution in [0.3, 0.4) is 0 Å². The van der Waals surface area contributed by atoms with Crippen LogP contribution in [0.1, 0.15) is 19.8 Å². The van der Waals surface area contributed by atoms with Gasteiger partial charge in [-0.25, -0.2) is 4.98 Å². The van der Waals surface area contributed by atoms with Gasteiger partial charge in [-0.2, -0.15) is 0 Å². The Balaban J connectivity index is 1.68. The first kappa shape index (κ1) is 13.3. The molecule has 1 aliphatic heterocycles. The Morgan fingerprint density at radius 3 is 2.89 bits per heavy atom. The molecule has 0 amide bonds. The van der Waals surface area contributed by atoms with Crippen LogP contribution in [0.2, 0.25) is 0 Å². The number of rotatable bonds is 6. The summed E-state index contributed by atoms with van der Waals surface area (Å²) >= 11 is 0. The van der Waals surface area contributed by atoms with Gasteiger partial charge in [-0.05, 0) is 31.9 Å². The van der Waals surface area contributed by atoms with Crippen LogP contribution in [-0.4, -0.2) is 44.0 Å². The van der Waals surface area contributed by atoms with Crippen LogP contribution in [0.15, 0.2) is 18.3 Å². The second-order valence-electron chi connectivity index (χ2n) is 4.37. The third kappa shape index (κ3) is 3.96. The Bertz CT molecular complexity index is 324. The van der Waals surface area contributed by atoms with E-state index in [4.69, 9.17) is 9.47 Å². The van der Waals surface area contributed by atoms with Crippen molar-refractivity contribution in [1.82, 2.24) is 4.98 Å². The third-order valence-electron chi connectivity index (χ3n) is 3.15. The van der Waals surface area contributed by atoms with Crippen molar-refractivity contribution >= 4 is 5.82 Å². The van der Waals surface area contributed by atoms with Crippen molar-refractivity contribution in [3.05, 3.63) is 24.4 Å². The zero-order valence-electron chi connectivity index (χ0n) is 11.0. The molecule has 99 valence electrons. The Morgan fingerprint density at radius 1 is 1.39 bits per heavy atom. The van der Waals surface area contributed by atoms with Crippen molar-refractivity contribution in [2.75, 3.05) is 37.8 Å². The number of nitrogens with zero attached hydrogens (tertiary/aromatic N) is 2. The average molecular weight is 249 g/mol. The number of ether oxygens (including phenoxy) is 2. The molecule has 0 spiro atoms. The highest BCUT2D eigenvalue weighted by molar-refractivity contribution is 5.37. The summed E-state index contributed by atoms with van der Waals surface area (Å²) < 4.78 is 11.1. The van der Waals surface area contributed by atoms with Gasteiger partial charge < -0.3 is 14.4 Å². The van der Waals surface area contributed by atoms with E-state index in [0.717, 1.165) is 38.4 Å². The molecule has 1 aromatic heterocycles. The minimum atomic E-state index is 0.372. The van der Waals surface area contributed by atoms with Crippen molar-refractivity contribution < 1.29 is 9.47 Å². The smallest absolute Gasteiger partial charge is 0.128 e. The predicted octanol–water partition coefficient (Wildman–Crippen LogP) is 1.90. The molecule has 1 saturated heterocycles. The van der Waals surface area contributed by atoms with E-state index in [2.05, 4.69) is 16.0 Å². The fraction of sp³-hybridized carbons (Fsp3) is 0.643. The summed E-state index contributed by atoms with van der Waals surface area (Å²) in [6, 6.07) is 6.86. The first-order chi connectivity index (χ1) is 8.90. The van der Waals surface area contributed by atoms with Gasteiger partial charge in [0.05, 0.1) is 19.3 Å². The lowest BCUT2D eigenvalue weighted by molar-refractivity contribution is -0.00235. The molecule has 1 radical (unpaired) electrons. The first-order valence-corrected chi connectivity index (χ1v) is 6.66. The van der Waals surface area contributed by atoms with Gasteiger partial charge in [-0.1, -0.05) is 0 Å². The predicted molar refractivity (Wildman–Crippen MR) is 70.8 cm³/mol. The lowest BCUT2D eigenvalue weighted by Gasteiger charge is -2.32. The highest BCUT2D eigenvalue weighted by atomic mass is 16.5. The van der Waals surface area contributed by atoms with Crippen LogP contribution < -0.4 is 4.90 Å². The van der Waals surface area contributed by atoms with Crippen LogP contribution in [0.4, 0.5) is 5.82 Å². The number of hydrogen-bond acceptors (Lipinski definition) is 4. The third-order valence-corrected chi connectivity index (χ3v) is 3.15. The first-order valence-electron chi connectivity index (χ1n) is 6.66. The molecule has 4 nitrogen and oxygen atoms in total. The molecule has 0 bridgehead atoms. The molecule has 0 saturated carbocycles. The van der Waals surface area contributed by atoms with E-state index < -0.39 is 0 Å². The summed E-state index contributed by atoms with van der Waals surface area (Å²) in [6.07, 6.45) is 4.22. The lowest BCUT2D eigenvalue weighted by atomic mass is 10.1. The number of anilines is 1. The van der Waals surface area contributed by atoms with Gasteiger partial charge in [0, 0.05) is 32.0 Å². The van der Waals surface area contributed by atoms with Crippen LogP contribution in [-0.2, 0) is 9.47 Å². The van der Waals surface area contributed by atoms with Crippen molar-refractivity contribution in [1.29, 1.82) is 0 Å². The minimum Gasteiger partial charge on any atom is -0.379 e. The molecule has 0 aromatic carbocycles. The van der Waals surface area contributed by atoms with Gasteiger partial charge in [0.2, 0.25) is 0 Å². The second kappa shape index (κ2) is 7.34. The Hall–Kier alpha value is -1.13. The van der Waals surface area contributed by atoms with Gasteiger partial charge >= 0.3 is 0 Å². The fourth-order valence-corrected chi connectivity index (χ4v) is 2.17. The van der Waals surface area contributed by atoms with Crippen molar-refractivity contribution in [2.45, 2.75) is 25.9 Å². The monoisotopic (exact) mass is 249 g/mol. The van der Waals surface area contributed by atoms with Crippen molar-refractivity contribution in [3.63, 3.8) is 0 Å². The van der Waals surface area contributed by atoms with E-state index >= 15 is 0 Å². The lowest BCUT2D eigenvalue weighted by Crippen LogP contribution is -2.37. The summed E-state index contributed by atoms with van der Waals surface area (Å²) in [5.41, 5.74) is 0. The van der Waals surface area contributed by atoms with Crippen LogP contribution in [0.5, 0.6) is 0 Å². The molecule has 2 heterocycles. The molecule has 4 heteroatoms. The van der Waals surface area contributed by atoms with Gasteiger partial charge in [0.1, 0.15) is 5.82 Å². The maximum Gasteiger partial charge on any atom is 0.128 e. The SMILES string of the molecule is CCOCCOC1CCN(c2cc[c]cn2)CC1. The van der Waals surface area contributed by atoms with E-state index in [0.29, 0.717) is 19.3 Å². The van der Waals surface area contributed by atoms with Gasteiger partial charge in [-0.3, -0.25) is 0 Å². The molecule has 2 rings (SSSR count). The van der Waals surface area contributed by atoms with E-state index in [1.807, 2.05) is 19.1 Å². The largest absolute Gasteiger partial charge is 0.379 e. The van der Waals surface area contributed by atoms with E-state index in [9.17, 15) is 0 Å². The summed E-state index contributed by atoms with van der Waals surface area (Å²) in [4.78, 5) is 6.63. The normalized spacial score (nSPS) is 17.1. The molecular weight excluding hydrogens is 228 g/mol. The Morgan fingerprint density at radius 2 is 2.22 bits per heavy atom. The van der Waals surface area contributed by atoms with Gasteiger partial charge in [0.25, 0.3) is 0 Å². The number of piperidine rings is 1. The molecule has 0 aliphatic carbocycles. The molecule has 18 heavy (non-hydrogen) atoms. The molecule has 0 N–H and O–H groups in total. The van der Waals surface area contributed by atoms with Crippen molar-refractivity contribution in [2.24, 2.45) is 0 Å². The molecule has 1 fully saturated rings. The second-order valence-corrected chi connectivity index (χ2v) is 4.37. The van der Waals surface area contributed by atoms with E-state index in [1.54, 1.807) is 6.20 Å². The van der Waals surface area contributed by atoms with E-state index in [1.165, 1.54) is 0 Å². The summed E-state index contributed by atoms with van der Waals surface area (Å²) in [5, 5.41) is 0. The fourth-order valence-electron chi connectivity index (χ4n) is 2.17. The molecule has 1 aromatic rings. The summed E-state index contributed by atoms with van der Waals surface area (Å²) in [6.45, 7) is 6.19. The molecule has 0 atom stereocenters. The van der Waals surface area contributed by atoms with Crippen LogP contribution >= 0.6 is 0 Å². The zero-order chi connectivity index (χ0) is 12.6. The highest BCUT2D eigenvalue weighted by Gasteiger charge is 2.20. The molecule has 0 unspecified atom stereocenters. The molecular formula is C14H21N2O2. The highest BCUT2D eigenvalue weighted by Crippen LogP contribution is 2.18. The van der Waals surface area contributed by atoms with Crippen LogP contribution in [0.25, 0.3) is 0 Å². The van der Waals surface area contributed by atoms with Gasteiger partial charge in [-0.15, -0.1) is 0 Å². The quantitative estimate of drug-likeness (QED) is 0.721. The topological polar surface area (TPSA) is 34.6 Å². The van der Waals surface area contributed by atoms with Crippen LogP contribution in [0, 0.1) is 6.07 Å². The average Bonchev–Trinajstić information content (AvgIpc) is 2.45. The zero-order valence-corrected chi connectivity index (χ0v) is 11.0. The molecule has 1 aliphatic rings. The minimum absolute atomic E-state index is 0.372. The Labute approximate surface area is 109 Å². The Kier molecular flexibility index (Phi) is 5.42. The maximum atomic E-state index is 5.79. The maximum absolute atomic E-state index is 5.79. The van der Waals surface area contributed by atoms with Crippen molar-refractivity contribution in [3.8, 4) is 0 Å². The van der Waals surface area contributed by atoms with E-state index in [-0.39, 0.29) is 0 Å². The standard InChI is InChI=1S/C14H21N2O2/c1-2-17-11-12-18-13-6-9-16(10-7-13)14-5-3-4-8-15-14/h3,5,8,13H,2,6-7,9-12H2,1H3. The number of pyridine rings is 1. The summed E-state index contributed by atoms with van der Waals surface area (Å²) in [7, 11) is 0. The number of hydrogen-bond donors (Lipinski definition) is 0.